The molecule has 3 aromatic rings. The Hall–Kier alpha value is -2.47. The number of imidazole rings is 1. The molecule has 1 aromatic carbocycles. The zero-order valence-corrected chi connectivity index (χ0v) is 16.7. The number of amides is 1. The highest BCUT2D eigenvalue weighted by molar-refractivity contribution is 7.99. The van der Waals surface area contributed by atoms with E-state index >= 15 is 0 Å². The van der Waals surface area contributed by atoms with Gasteiger partial charge < -0.3 is 14.3 Å². The van der Waals surface area contributed by atoms with E-state index in [0.717, 1.165) is 35.0 Å². The van der Waals surface area contributed by atoms with Gasteiger partial charge in [-0.15, -0.1) is 0 Å². The Balaban J connectivity index is 1.48. The van der Waals surface area contributed by atoms with E-state index in [9.17, 15) is 4.79 Å². The molecule has 0 radical (unpaired) electrons. The molecule has 0 bridgehead atoms. The molecule has 0 atom stereocenters. The van der Waals surface area contributed by atoms with E-state index in [2.05, 4.69) is 27.0 Å². The molecule has 5 nitrogen and oxygen atoms in total. The van der Waals surface area contributed by atoms with Gasteiger partial charge in [0.15, 0.2) is 5.16 Å². The molecular weight excluding hydrogens is 370 g/mol. The number of carbonyl (C=O) groups is 1. The number of nitrogens with zero attached hydrogens (tertiary/aromatic N) is 2. The molecule has 1 aliphatic rings. The second-order valence-electron chi connectivity index (χ2n) is 7.15. The number of thioether (sulfide) groups is 1. The van der Waals surface area contributed by atoms with Gasteiger partial charge in [-0.1, -0.05) is 61.4 Å². The standard InChI is InChI=1S/C22H25N3O2S/c26-21(24-18-10-5-2-6-11-18)16-28-22-23-14-20(17-8-3-1-4-9-17)25(22)15-19-12-7-13-27-19/h1,3-4,7-9,12-14,18H,2,5-6,10-11,15-16H2,(H,24,26). The zero-order valence-electron chi connectivity index (χ0n) is 15.8. The van der Waals surface area contributed by atoms with E-state index < -0.39 is 0 Å². The summed E-state index contributed by atoms with van der Waals surface area (Å²) in [6.07, 6.45) is 9.47. The molecule has 0 aliphatic heterocycles. The quantitative estimate of drug-likeness (QED) is 0.588. The van der Waals surface area contributed by atoms with Crippen molar-refractivity contribution in [3.05, 3.63) is 60.7 Å². The van der Waals surface area contributed by atoms with Crippen molar-refractivity contribution >= 4 is 17.7 Å². The van der Waals surface area contributed by atoms with Gasteiger partial charge in [0.1, 0.15) is 5.76 Å². The summed E-state index contributed by atoms with van der Waals surface area (Å²) in [5, 5.41) is 4.01. The van der Waals surface area contributed by atoms with Crippen LogP contribution >= 0.6 is 11.8 Å². The lowest BCUT2D eigenvalue weighted by Gasteiger charge is -2.22. The van der Waals surface area contributed by atoms with Crippen LogP contribution in [0.2, 0.25) is 0 Å². The Bertz CT molecular complexity index is 884. The third-order valence-electron chi connectivity index (χ3n) is 5.09. The van der Waals surface area contributed by atoms with Gasteiger partial charge in [-0.2, -0.15) is 0 Å². The summed E-state index contributed by atoms with van der Waals surface area (Å²) < 4.78 is 7.66. The molecule has 4 rings (SSSR count). The Morgan fingerprint density at radius 1 is 1.14 bits per heavy atom. The molecular formula is C22H25N3O2S. The van der Waals surface area contributed by atoms with Crippen LogP contribution in [0.3, 0.4) is 0 Å². The summed E-state index contributed by atoms with van der Waals surface area (Å²) in [5.41, 5.74) is 2.12. The van der Waals surface area contributed by atoms with Crippen molar-refractivity contribution in [2.24, 2.45) is 0 Å². The number of aromatic nitrogens is 2. The van der Waals surface area contributed by atoms with Crippen molar-refractivity contribution in [3.63, 3.8) is 0 Å². The molecule has 1 amide bonds. The second-order valence-corrected chi connectivity index (χ2v) is 8.09. The first-order valence-corrected chi connectivity index (χ1v) is 10.8. The molecule has 0 spiro atoms. The van der Waals surface area contributed by atoms with E-state index in [4.69, 9.17) is 4.42 Å². The van der Waals surface area contributed by atoms with Crippen molar-refractivity contribution in [3.8, 4) is 11.3 Å². The average Bonchev–Trinajstić information content (AvgIpc) is 3.38. The van der Waals surface area contributed by atoms with Gasteiger partial charge in [-0.05, 0) is 30.5 Å². The van der Waals surface area contributed by atoms with Gasteiger partial charge in [0.2, 0.25) is 5.91 Å². The van der Waals surface area contributed by atoms with Crippen LogP contribution in [0.25, 0.3) is 11.3 Å². The van der Waals surface area contributed by atoms with Crippen LogP contribution in [-0.2, 0) is 11.3 Å². The van der Waals surface area contributed by atoms with Crippen LogP contribution in [0.1, 0.15) is 37.9 Å². The van der Waals surface area contributed by atoms with Crippen LogP contribution < -0.4 is 5.32 Å². The summed E-state index contributed by atoms with van der Waals surface area (Å²) in [4.78, 5) is 17.0. The molecule has 1 N–H and O–H groups in total. The Labute approximate surface area is 169 Å². The normalized spacial score (nSPS) is 14.9. The third-order valence-corrected chi connectivity index (χ3v) is 6.08. The minimum absolute atomic E-state index is 0.0886. The molecule has 0 unspecified atom stereocenters. The molecule has 2 heterocycles. The van der Waals surface area contributed by atoms with Crippen molar-refractivity contribution in [1.82, 2.24) is 14.9 Å². The molecule has 146 valence electrons. The van der Waals surface area contributed by atoms with Crippen molar-refractivity contribution < 1.29 is 9.21 Å². The topological polar surface area (TPSA) is 60.1 Å². The number of furan rings is 1. The largest absolute Gasteiger partial charge is 0.467 e. The van der Waals surface area contributed by atoms with E-state index in [0.29, 0.717) is 18.3 Å². The zero-order chi connectivity index (χ0) is 19.2. The van der Waals surface area contributed by atoms with Gasteiger partial charge in [0.25, 0.3) is 0 Å². The van der Waals surface area contributed by atoms with E-state index in [-0.39, 0.29) is 5.91 Å². The van der Waals surface area contributed by atoms with Gasteiger partial charge in [-0.25, -0.2) is 4.98 Å². The van der Waals surface area contributed by atoms with Crippen LogP contribution in [-0.4, -0.2) is 27.3 Å². The lowest BCUT2D eigenvalue weighted by molar-refractivity contribution is -0.119. The van der Waals surface area contributed by atoms with Crippen LogP contribution in [0.4, 0.5) is 0 Å². The lowest BCUT2D eigenvalue weighted by Crippen LogP contribution is -2.37. The molecule has 0 saturated heterocycles. The summed E-state index contributed by atoms with van der Waals surface area (Å²) in [6.45, 7) is 0.587. The highest BCUT2D eigenvalue weighted by Gasteiger charge is 2.18. The molecule has 1 aliphatic carbocycles. The Morgan fingerprint density at radius 3 is 2.71 bits per heavy atom. The number of hydrogen-bond acceptors (Lipinski definition) is 4. The number of nitrogens with one attached hydrogen (secondary N) is 1. The molecule has 1 fully saturated rings. The van der Waals surface area contributed by atoms with E-state index in [1.807, 2.05) is 36.5 Å². The average molecular weight is 396 g/mol. The fourth-order valence-electron chi connectivity index (χ4n) is 3.67. The molecule has 2 aromatic heterocycles. The molecule has 6 heteroatoms. The minimum Gasteiger partial charge on any atom is -0.467 e. The number of carbonyl (C=O) groups excluding carboxylic acids is 1. The van der Waals surface area contributed by atoms with Gasteiger partial charge in [-0.3, -0.25) is 4.79 Å². The fraction of sp³-hybridized carbons (Fsp3) is 0.364. The first kappa shape index (κ1) is 18.9. The smallest absolute Gasteiger partial charge is 0.230 e. The molecule has 28 heavy (non-hydrogen) atoms. The molecule has 1 saturated carbocycles. The predicted octanol–water partition coefficient (Wildman–Crippen LogP) is 4.73. The Kier molecular flexibility index (Phi) is 6.17. The van der Waals surface area contributed by atoms with Gasteiger partial charge in [0.05, 0.1) is 30.5 Å². The first-order valence-electron chi connectivity index (χ1n) is 9.85. The van der Waals surface area contributed by atoms with E-state index in [1.165, 1.54) is 31.0 Å². The maximum atomic E-state index is 12.4. The minimum atomic E-state index is 0.0886. The second kappa shape index (κ2) is 9.15. The summed E-state index contributed by atoms with van der Waals surface area (Å²) in [6, 6.07) is 14.4. The summed E-state index contributed by atoms with van der Waals surface area (Å²) >= 11 is 1.48. The van der Waals surface area contributed by atoms with Crippen LogP contribution in [0, 0.1) is 0 Å². The Morgan fingerprint density at radius 2 is 1.96 bits per heavy atom. The lowest BCUT2D eigenvalue weighted by atomic mass is 9.95. The van der Waals surface area contributed by atoms with Gasteiger partial charge >= 0.3 is 0 Å². The van der Waals surface area contributed by atoms with Crippen LogP contribution in [0.5, 0.6) is 0 Å². The summed E-state index contributed by atoms with van der Waals surface area (Å²) in [5.74, 6) is 1.33. The number of hydrogen-bond donors (Lipinski definition) is 1. The van der Waals surface area contributed by atoms with Crippen molar-refractivity contribution in [2.45, 2.75) is 49.8 Å². The van der Waals surface area contributed by atoms with Gasteiger partial charge in [0, 0.05) is 6.04 Å². The highest BCUT2D eigenvalue weighted by Crippen LogP contribution is 2.27. The number of rotatable bonds is 7. The predicted molar refractivity (Wildman–Crippen MR) is 111 cm³/mol. The summed E-state index contributed by atoms with van der Waals surface area (Å²) in [7, 11) is 0. The van der Waals surface area contributed by atoms with Crippen LogP contribution in [0.15, 0.2) is 64.5 Å². The van der Waals surface area contributed by atoms with Crippen molar-refractivity contribution in [1.29, 1.82) is 0 Å². The first-order chi connectivity index (χ1) is 13.8. The highest BCUT2D eigenvalue weighted by atomic mass is 32.2. The SMILES string of the molecule is O=C(CSc1ncc(-c2ccccc2)n1Cc1ccco1)NC1CCCCC1. The fourth-order valence-corrected chi connectivity index (χ4v) is 4.46. The maximum absolute atomic E-state index is 12.4. The van der Waals surface area contributed by atoms with Crippen molar-refractivity contribution in [2.75, 3.05) is 5.75 Å². The monoisotopic (exact) mass is 395 g/mol. The number of benzene rings is 1. The third kappa shape index (κ3) is 4.68. The maximum Gasteiger partial charge on any atom is 0.230 e. The van der Waals surface area contributed by atoms with E-state index in [1.54, 1.807) is 6.26 Å².